The van der Waals surface area contributed by atoms with Crippen molar-refractivity contribution >= 4 is 155 Å². The van der Waals surface area contributed by atoms with Gasteiger partial charge in [-0.25, -0.2) is 0 Å². The summed E-state index contributed by atoms with van der Waals surface area (Å²) in [6, 6.07) is -10.5. The molecule has 51 N–H and O–H groups in total. The first-order valence-corrected chi connectivity index (χ1v) is 44.5. The summed E-state index contributed by atoms with van der Waals surface area (Å²) < 4.78 is 5.42. The van der Waals surface area contributed by atoms with Crippen molar-refractivity contribution in [2.24, 2.45) is 63.3 Å². The summed E-state index contributed by atoms with van der Waals surface area (Å²) in [5.41, 5.74) is 56.7. The molecule has 0 aliphatic carbocycles. The van der Waals surface area contributed by atoms with Gasteiger partial charge in [-0.2, -0.15) is 12.6 Å². The second kappa shape index (κ2) is 67.4. The Morgan fingerprint density at radius 2 is 0.515 bits per heavy atom. The summed E-state index contributed by atoms with van der Waals surface area (Å²) in [5.74, 6) is -17.9. The molecule has 58 heteroatoms. The number of ketones is 1. The molecule has 1 aromatic carbocycles. The van der Waals surface area contributed by atoms with Crippen LogP contribution in [0.5, 0.6) is 0 Å². The van der Waals surface area contributed by atoms with Gasteiger partial charge in [0.1, 0.15) is 73.1 Å². The third-order valence-corrected chi connectivity index (χ3v) is 20.0. The fourth-order valence-corrected chi connectivity index (χ4v) is 12.8. The Kier molecular flexibility index (Phi) is 59.1. The van der Waals surface area contributed by atoms with Gasteiger partial charge in [0.05, 0.1) is 13.2 Å². The molecule has 0 radical (unpaired) electrons. The molecule has 0 saturated heterocycles. The Morgan fingerprint density at radius 3 is 0.728 bits per heavy atom. The van der Waals surface area contributed by atoms with E-state index in [0.717, 1.165) is 0 Å². The molecule has 1 rings (SSSR count). The number of hydrogen-bond acceptors (Lipinski definition) is 26. The van der Waals surface area contributed by atoms with Crippen molar-refractivity contribution in [1.29, 1.82) is 48.7 Å². The second-order valence-electron chi connectivity index (χ2n) is 31.4. The lowest BCUT2D eigenvalue weighted by atomic mass is 10.0. The minimum absolute atomic E-state index is 0.0000978. The summed E-state index contributed by atoms with van der Waals surface area (Å²) in [6.45, 7) is 2.58. The Hall–Kier alpha value is -14.8. The third kappa shape index (κ3) is 55.5. The zero-order valence-corrected chi connectivity index (χ0v) is 77.7. The van der Waals surface area contributed by atoms with E-state index >= 15 is 19.2 Å². The van der Waals surface area contributed by atoms with Gasteiger partial charge in [-0.15, -0.1) is 0 Å². The topological polar surface area (TPSA) is 1000 Å². The Bertz CT molecular complexity index is 4190. The molecule has 1 aromatic rings. The van der Waals surface area contributed by atoms with E-state index in [1.807, 2.05) is 0 Å². The second-order valence-corrected chi connectivity index (χ2v) is 31.8. The predicted octanol–water partition coefficient (Wildman–Crippen LogP) is -12.5. The Labute approximate surface area is 792 Å². The lowest BCUT2D eigenvalue weighted by Crippen LogP contribution is -2.61. The van der Waals surface area contributed by atoms with Crippen LogP contribution in [0.4, 0.5) is 0 Å². The SMILES string of the molecule is CC(=O)c1ccc(C[C@H](NC(=O)COCCNC(=O)[C@@H](CS)NC(=O)[C@@H](CCCNC(=N)N)NC(=O)[C@@H](CCCNC(=N)N)NC(=O)[C@@H](CCCNC(=N)N)NC(=O)[C@@H](CCCNC(=N)N)NC(=O)[C@@H](CCCNC(=N)N)NC(=O)[C@@H](CCCNC(=N)N)NC(=O)[C@@H](CCCNC(=N)N)NC(=O)[C@@H](CCCNC(=N)N)NC(=O)[C@@H](CCCNC(=N)N)NC(=O)CNC(=O)C(C)C)C(N)=O)cc1. The van der Waals surface area contributed by atoms with Gasteiger partial charge in [0, 0.05) is 89.1 Å². The monoisotopic (exact) mass is 1940 g/mol. The minimum atomic E-state index is -1.68. The highest BCUT2D eigenvalue weighted by molar-refractivity contribution is 7.80. The molecule has 136 heavy (non-hydrogen) atoms. The number of benzene rings is 1. The molecule has 0 heterocycles. The maximum Gasteiger partial charge on any atom is 0.246 e. The number of hydrogen-bond donors (Lipinski definition) is 42. The zero-order valence-electron chi connectivity index (χ0n) is 76.8. The molecule has 0 aliphatic heterocycles. The number of carbonyl (C=O) groups excluding carboxylic acids is 15. The third-order valence-electron chi connectivity index (χ3n) is 19.6. The van der Waals surface area contributed by atoms with Crippen molar-refractivity contribution in [2.75, 3.05) is 91.0 Å². The highest BCUT2D eigenvalue weighted by atomic mass is 32.1. The van der Waals surface area contributed by atoms with Gasteiger partial charge in [0.15, 0.2) is 59.4 Å². The minimum Gasteiger partial charge on any atom is -0.370 e. The van der Waals surface area contributed by atoms with Gasteiger partial charge in [-0.3, -0.25) is 121 Å². The summed E-state index contributed by atoms with van der Waals surface area (Å²) in [6.07, 6.45) is -2.27. The van der Waals surface area contributed by atoms with Crippen molar-refractivity contribution in [3.8, 4) is 0 Å². The lowest BCUT2D eigenvalue weighted by molar-refractivity contribution is -0.136. The number of primary amides is 1. The molecule has 11 atom stereocenters. The van der Waals surface area contributed by atoms with E-state index < -0.39 is 216 Å². The molecule has 0 fully saturated rings. The average Bonchev–Trinajstić information content (AvgIpc) is 0.849. The van der Waals surface area contributed by atoms with Crippen LogP contribution in [-0.4, -0.2) is 300 Å². The van der Waals surface area contributed by atoms with Crippen molar-refractivity contribution in [3.63, 3.8) is 0 Å². The number of amides is 14. The van der Waals surface area contributed by atoms with Crippen molar-refractivity contribution in [3.05, 3.63) is 35.4 Å². The quantitative estimate of drug-likeness (QED) is 0.00947. The largest absolute Gasteiger partial charge is 0.370 e. The van der Waals surface area contributed by atoms with Crippen molar-refractivity contribution in [1.82, 2.24) is 117 Å². The summed E-state index contributed by atoms with van der Waals surface area (Å²) in [7, 11) is 0. The predicted molar refractivity (Wildman–Crippen MR) is 508 cm³/mol. The van der Waals surface area contributed by atoms with Crippen LogP contribution in [0.2, 0.25) is 0 Å². The first-order valence-electron chi connectivity index (χ1n) is 43.9. The average molecular weight is 1940 g/mol. The van der Waals surface area contributed by atoms with Crippen LogP contribution in [0.1, 0.15) is 152 Å². The number of thiol groups is 1. The van der Waals surface area contributed by atoms with Crippen molar-refractivity contribution < 1.29 is 76.7 Å². The highest BCUT2D eigenvalue weighted by Crippen LogP contribution is 2.14. The number of rotatable bonds is 70. The number of Topliss-reactive ketones (excluding diaryl/α,β-unsaturated/α-hetero) is 1. The van der Waals surface area contributed by atoms with Gasteiger partial charge in [0.25, 0.3) is 0 Å². The van der Waals surface area contributed by atoms with Crippen LogP contribution >= 0.6 is 12.6 Å². The fraction of sp³-hybridized carbons (Fsp3) is 0.615. The van der Waals surface area contributed by atoms with Crippen molar-refractivity contribution in [2.45, 2.75) is 209 Å². The van der Waals surface area contributed by atoms with Crippen LogP contribution < -0.4 is 174 Å². The number of nitrogens with two attached hydrogens (primary N) is 10. The standard InChI is InChI=1S/C78H143N41O16S/c1-41(2)59(124)108-38-56(121)109-45(13-4-26-99-70(80)81)61(126)111-46(14-5-27-100-71(82)83)62(127)112-47(15-6-28-101-72(84)85)63(128)113-48(16-7-29-102-73(86)87)64(129)114-49(17-8-30-103-74(88)89)65(130)115-50(18-9-31-104-75(90)91)66(131)116-51(19-10-32-105-76(92)93)67(132)117-52(20-11-33-106-77(94)95)68(133)118-53(21-12-34-107-78(96)97)69(134)119-55(40-136)60(125)98-35-36-135-39-57(122)110-54(58(79)123)37-43-22-24-44(25-23-43)42(3)120/h22-25,41,45-55,136H,4-21,26-40H2,1-3H3,(H2,79,123)(H,98,125)(H,108,124)(H,109,121)(H,110,122)(H,111,126)(H,112,127)(H,113,128)(H,114,129)(H,115,130)(H,116,131)(H,117,132)(H,118,133)(H,119,134)(H4,80,81,99)(H4,82,83,100)(H4,84,85,101)(H4,86,87,102)(H4,88,89,103)(H4,90,91,104)(H4,92,93,105)(H4,94,95,106)(H4,96,97,107)/t45-,46-,47-,48-,49-,50-,51-,52-,53-,54+,55-/m1/s1. The van der Waals surface area contributed by atoms with Gasteiger partial charge in [-0.05, 0) is 128 Å². The Balaban J connectivity index is 4.04. The molecule has 0 spiro atoms. The van der Waals surface area contributed by atoms with E-state index in [2.05, 4.69) is 130 Å². The number of guanidine groups is 9. The maximum atomic E-state index is 15.1. The van der Waals surface area contributed by atoms with Gasteiger partial charge in [0.2, 0.25) is 82.7 Å². The molecule has 0 saturated carbocycles. The summed E-state index contributed by atoms with van der Waals surface area (Å²) in [5, 5.41) is 127. The van der Waals surface area contributed by atoms with E-state index in [-0.39, 0.29) is 212 Å². The van der Waals surface area contributed by atoms with Crippen LogP contribution in [0, 0.1) is 54.6 Å². The van der Waals surface area contributed by atoms with E-state index in [0.29, 0.717) is 11.1 Å². The lowest BCUT2D eigenvalue weighted by Gasteiger charge is -2.29. The van der Waals surface area contributed by atoms with Gasteiger partial charge >= 0.3 is 0 Å². The van der Waals surface area contributed by atoms with E-state index in [4.69, 9.17) is 111 Å². The maximum absolute atomic E-state index is 15.1. The van der Waals surface area contributed by atoms with E-state index in [1.165, 1.54) is 6.92 Å². The van der Waals surface area contributed by atoms with Gasteiger partial charge < -0.3 is 179 Å². The fourth-order valence-electron chi connectivity index (χ4n) is 12.5. The molecular weight excluding hydrogens is 1800 g/mol. The van der Waals surface area contributed by atoms with Crippen LogP contribution in [0.15, 0.2) is 24.3 Å². The van der Waals surface area contributed by atoms with E-state index in [1.54, 1.807) is 38.1 Å². The Morgan fingerprint density at radius 1 is 0.287 bits per heavy atom. The number of nitrogens with one attached hydrogen (secondary N) is 31. The van der Waals surface area contributed by atoms with Crippen LogP contribution in [-0.2, 0) is 78.3 Å². The van der Waals surface area contributed by atoms with E-state index in [9.17, 15) is 52.7 Å². The first-order chi connectivity index (χ1) is 64.2. The number of carbonyl (C=O) groups is 15. The first kappa shape index (κ1) is 119. The molecule has 0 aliphatic rings. The zero-order chi connectivity index (χ0) is 102. The molecule has 762 valence electrons. The molecule has 57 nitrogen and oxygen atoms in total. The van der Waals surface area contributed by atoms with Gasteiger partial charge in [-0.1, -0.05) is 38.1 Å². The molecule has 0 unspecified atom stereocenters. The van der Waals surface area contributed by atoms with Crippen LogP contribution in [0.25, 0.3) is 0 Å². The smallest absolute Gasteiger partial charge is 0.246 e. The number of ether oxygens (including phenoxy) is 1. The summed E-state index contributed by atoms with van der Waals surface area (Å²) in [4.78, 5) is 210. The molecule has 14 amide bonds. The normalized spacial score (nSPS) is 13.1. The van der Waals surface area contributed by atoms with Crippen LogP contribution in [0.3, 0.4) is 0 Å². The molecule has 0 aromatic heterocycles. The molecular formula is C78H143N41O16S. The molecule has 0 bridgehead atoms. The highest BCUT2D eigenvalue weighted by Gasteiger charge is 2.37. The summed E-state index contributed by atoms with van der Waals surface area (Å²) >= 11 is 4.28.